The van der Waals surface area contributed by atoms with Crippen LogP contribution < -0.4 is 15.4 Å². The summed E-state index contributed by atoms with van der Waals surface area (Å²) in [6.45, 7) is 9.16. The van der Waals surface area contributed by atoms with Gasteiger partial charge in [-0.3, -0.25) is 9.59 Å². The largest absolute Gasteiger partial charge is 0.489 e. The van der Waals surface area contributed by atoms with Gasteiger partial charge in [0.05, 0.1) is 16.7 Å². The maximum absolute atomic E-state index is 12.8. The van der Waals surface area contributed by atoms with E-state index in [0.29, 0.717) is 21.9 Å². The molecule has 2 N–H and O–H groups in total. The number of esters is 1. The van der Waals surface area contributed by atoms with Gasteiger partial charge in [0.1, 0.15) is 17.4 Å². The van der Waals surface area contributed by atoms with Crippen LogP contribution >= 0.6 is 11.6 Å². The Bertz CT molecular complexity index is 997. The van der Waals surface area contributed by atoms with E-state index in [1.807, 2.05) is 13.8 Å². The Hall–Kier alpha value is -3.06. The Labute approximate surface area is 199 Å². The van der Waals surface area contributed by atoms with E-state index >= 15 is 0 Å². The third kappa shape index (κ3) is 8.09. The fraction of sp³-hybridized carbons (Fsp3) is 0.400. The minimum atomic E-state index is -0.819. The number of hydrogen-bond donors (Lipinski definition) is 2. The fourth-order valence-electron chi connectivity index (χ4n) is 2.97. The summed E-state index contributed by atoms with van der Waals surface area (Å²) in [6.07, 6.45) is 0.184. The van der Waals surface area contributed by atoms with Crippen molar-refractivity contribution >= 4 is 29.4 Å². The Morgan fingerprint density at radius 1 is 1.00 bits per heavy atom. The van der Waals surface area contributed by atoms with Crippen LogP contribution in [-0.4, -0.2) is 42.6 Å². The van der Waals surface area contributed by atoms with E-state index < -0.39 is 23.5 Å². The Morgan fingerprint density at radius 2 is 1.61 bits per heavy atom. The summed E-state index contributed by atoms with van der Waals surface area (Å²) >= 11 is 6.23. The Kier molecular flexibility index (Phi) is 8.88. The predicted molar refractivity (Wildman–Crippen MR) is 128 cm³/mol. The van der Waals surface area contributed by atoms with Gasteiger partial charge in [-0.1, -0.05) is 23.7 Å². The van der Waals surface area contributed by atoms with Crippen LogP contribution in [-0.2, 0) is 16.0 Å². The third-order valence-corrected chi connectivity index (χ3v) is 4.75. The van der Waals surface area contributed by atoms with Crippen LogP contribution in [0.4, 0.5) is 0 Å². The number of nitrogens with one attached hydrogen (secondary N) is 2. The molecule has 0 radical (unpaired) electrons. The molecule has 0 aromatic heterocycles. The van der Waals surface area contributed by atoms with Crippen molar-refractivity contribution in [3.63, 3.8) is 0 Å². The van der Waals surface area contributed by atoms with Crippen molar-refractivity contribution in [3.8, 4) is 5.75 Å². The lowest BCUT2D eigenvalue weighted by molar-refractivity contribution is -0.122. The first-order valence-electron chi connectivity index (χ1n) is 10.7. The number of amides is 2. The normalized spacial score (nSPS) is 12.1. The number of carbonyl (C=O) groups is 3. The van der Waals surface area contributed by atoms with Gasteiger partial charge in [-0.2, -0.15) is 0 Å². The second-order valence-electron chi connectivity index (χ2n) is 8.86. The van der Waals surface area contributed by atoms with Crippen molar-refractivity contribution in [2.45, 2.75) is 58.8 Å². The molecule has 0 heterocycles. The molecule has 0 aliphatic rings. The lowest BCUT2D eigenvalue weighted by Gasteiger charge is -2.20. The minimum Gasteiger partial charge on any atom is -0.489 e. The molecule has 1 atom stereocenters. The highest BCUT2D eigenvalue weighted by Crippen LogP contribution is 2.26. The molecule has 8 heteroatoms. The zero-order valence-corrected chi connectivity index (χ0v) is 20.6. The van der Waals surface area contributed by atoms with E-state index in [9.17, 15) is 14.4 Å². The van der Waals surface area contributed by atoms with Gasteiger partial charge in [0, 0.05) is 19.0 Å². The summed E-state index contributed by atoms with van der Waals surface area (Å²) in [5, 5.41) is 5.62. The number of benzene rings is 2. The van der Waals surface area contributed by atoms with E-state index in [-0.39, 0.29) is 18.4 Å². The van der Waals surface area contributed by atoms with E-state index in [4.69, 9.17) is 21.1 Å². The zero-order valence-electron chi connectivity index (χ0n) is 19.8. The number of ether oxygens (including phenoxy) is 2. The van der Waals surface area contributed by atoms with E-state index in [1.54, 1.807) is 57.2 Å². The second-order valence-corrected chi connectivity index (χ2v) is 9.26. The van der Waals surface area contributed by atoms with E-state index in [1.165, 1.54) is 13.1 Å². The second kappa shape index (κ2) is 11.2. The van der Waals surface area contributed by atoms with E-state index in [2.05, 4.69) is 10.6 Å². The van der Waals surface area contributed by atoms with Gasteiger partial charge in [0.25, 0.3) is 5.91 Å². The summed E-state index contributed by atoms with van der Waals surface area (Å²) in [7, 11) is 1.50. The van der Waals surface area contributed by atoms with Crippen molar-refractivity contribution in [1.82, 2.24) is 10.6 Å². The number of carbonyl (C=O) groups excluding carboxylic acids is 3. The maximum Gasteiger partial charge on any atom is 0.338 e. The monoisotopic (exact) mass is 474 g/mol. The SMILES string of the molecule is CNC(=O)[C@H](Cc1ccc(C(=O)OC(C)(C)C)cc1)NC(=O)c1ccc(OC(C)C)c(Cl)c1. The first-order chi connectivity index (χ1) is 15.4. The fourth-order valence-corrected chi connectivity index (χ4v) is 3.19. The number of rotatable bonds is 8. The van der Waals surface area contributed by atoms with Gasteiger partial charge < -0.3 is 20.1 Å². The molecular weight excluding hydrogens is 444 g/mol. The standard InChI is InChI=1S/C25H31ClN2O5/c1-15(2)32-21-12-11-18(14-19(21)26)22(29)28-20(23(30)27-6)13-16-7-9-17(10-8-16)24(31)33-25(3,4)5/h7-12,14-15,20H,13H2,1-6H3,(H,27,30)(H,28,29)/t20-/m0/s1. The van der Waals surface area contributed by atoms with Crippen molar-refractivity contribution < 1.29 is 23.9 Å². The van der Waals surface area contributed by atoms with Gasteiger partial charge in [0.2, 0.25) is 5.91 Å². The third-order valence-electron chi connectivity index (χ3n) is 4.45. The number of hydrogen-bond acceptors (Lipinski definition) is 5. The Morgan fingerprint density at radius 3 is 2.12 bits per heavy atom. The van der Waals surface area contributed by atoms with Gasteiger partial charge in [-0.25, -0.2) is 4.79 Å². The molecule has 0 unspecified atom stereocenters. The molecule has 0 fully saturated rings. The van der Waals surface area contributed by atoms with Crippen LogP contribution in [0.3, 0.4) is 0 Å². The zero-order chi connectivity index (χ0) is 24.8. The number of halogens is 1. The molecule has 2 amide bonds. The molecular formula is C25H31ClN2O5. The van der Waals surface area contributed by atoms with Crippen molar-refractivity contribution in [1.29, 1.82) is 0 Å². The topological polar surface area (TPSA) is 93.7 Å². The molecule has 7 nitrogen and oxygen atoms in total. The molecule has 0 spiro atoms. The lowest BCUT2D eigenvalue weighted by atomic mass is 10.0. The van der Waals surface area contributed by atoms with Crippen LogP contribution in [0.5, 0.6) is 5.75 Å². The molecule has 2 aromatic carbocycles. The van der Waals surface area contributed by atoms with Crippen LogP contribution in [0, 0.1) is 0 Å². The quantitative estimate of drug-likeness (QED) is 0.560. The highest BCUT2D eigenvalue weighted by atomic mass is 35.5. The summed E-state index contributed by atoms with van der Waals surface area (Å²) in [6, 6.07) is 10.6. The molecule has 178 valence electrons. The molecule has 33 heavy (non-hydrogen) atoms. The predicted octanol–water partition coefficient (Wildman–Crippen LogP) is 4.17. The number of likely N-dealkylation sites (N-methyl/N-ethyl adjacent to an activating group) is 1. The van der Waals surface area contributed by atoms with Crippen molar-refractivity contribution in [3.05, 3.63) is 64.2 Å². The van der Waals surface area contributed by atoms with Crippen molar-refractivity contribution in [2.75, 3.05) is 7.05 Å². The van der Waals surface area contributed by atoms with Gasteiger partial charge in [-0.15, -0.1) is 0 Å². The Balaban J connectivity index is 2.12. The first kappa shape index (κ1) is 26.2. The molecule has 2 aromatic rings. The van der Waals surface area contributed by atoms with Crippen LogP contribution in [0.25, 0.3) is 0 Å². The highest BCUT2D eigenvalue weighted by Gasteiger charge is 2.22. The average molecular weight is 475 g/mol. The maximum atomic E-state index is 12.8. The average Bonchev–Trinajstić information content (AvgIpc) is 2.73. The molecule has 0 aliphatic carbocycles. The minimum absolute atomic E-state index is 0.0542. The van der Waals surface area contributed by atoms with Crippen LogP contribution in [0.2, 0.25) is 5.02 Å². The summed E-state index contributed by atoms with van der Waals surface area (Å²) in [5.74, 6) is -0.722. The highest BCUT2D eigenvalue weighted by molar-refractivity contribution is 6.32. The summed E-state index contributed by atoms with van der Waals surface area (Å²) < 4.78 is 10.9. The molecule has 0 bridgehead atoms. The summed E-state index contributed by atoms with van der Waals surface area (Å²) in [4.78, 5) is 37.4. The van der Waals surface area contributed by atoms with Crippen LogP contribution in [0.15, 0.2) is 42.5 Å². The first-order valence-corrected chi connectivity index (χ1v) is 11.1. The van der Waals surface area contributed by atoms with Gasteiger partial charge >= 0.3 is 5.97 Å². The summed E-state index contributed by atoms with van der Waals surface area (Å²) in [5.41, 5.74) is 0.902. The lowest BCUT2D eigenvalue weighted by Crippen LogP contribution is -2.47. The van der Waals surface area contributed by atoms with Crippen LogP contribution in [0.1, 0.15) is 60.9 Å². The van der Waals surface area contributed by atoms with Gasteiger partial charge in [-0.05, 0) is 70.5 Å². The van der Waals surface area contributed by atoms with E-state index in [0.717, 1.165) is 5.56 Å². The molecule has 2 rings (SSSR count). The smallest absolute Gasteiger partial charge is 0.338 e. The molecule has 0 saturated heterocycles. The molecule has 0 aliphatic heterocycles. The van der Waals surface area contributed by atoms with Crippen molar-refractivity contribution in [2.24, 2.45) is 0 Å². The van der Waals surface area contributed by atoms with Gasteiger partial charge in [0.15, 0.2) is 0 Å². The molecule has 0 saturated carbocycles.